The number of alkyl halides is 5. The summed E-state index contributed by atoms with van der Waals surface area (Å²) in [6.45, 7) is -1.17. The molecule has 2 aliphatic rings. The summed E-state index contributed by atoms with van der Waals surface area (Å²) in [7, 11) is 0. The van der Waals surface area contributed by atoms with Crippen molar-refractivity contribution in [3.05, 3.63) is 64.7 Å². The van der Waals surface area contributed by atoms with E-state index in [1.165, 1.54) is 0 Å². The topological polar surface area (TPSA) is 58.6 Å². The molecule has 1 unspecified atom stereocenters. The number of nitrogens with one attached hydrogen (secondary N) is 1. The Labute approximate surface area is 174 Å². The number of amides is 1. The van der Waals surface area contributed by atoms with Crippen LogP contribution in [0.1, 0.15) is 28.7 Å². The molecule has 0 radical (unpaired) electrons. The molecule has 1 atom stereocenters. The lowest BCUT2D eigenvalue weighted by Gasteiger charge is -2.28. The molecule has 164 valence electrons. The molecule has 4 nitrogen and oxygen atoms in total. The number of hydrogen-bond acceptors (Lipinski definition) is 3. The second kappa shape index (κ2) is 7.64. The molecule has 2 N–H and O–H groups in total. The van der Waals surface area contributed by atoms with E-state index in [1.807, 2.05) is 6.07 Å². The van der Waals surface area contributed by atoms with Gasteiger partial charge in [0.05, 0.1) is 11.7 Å². The SMILES string of the molecule is O=C(/C=C1/c2ccc(C(F)(F)F)cc2OCC1(F)F)Nc1cccc2c1CC(O)CC2. The quantitative estimate of drug-likeness (QED) is 0.531. The largest absolute Gasteiger partial charge is 0.486 e. The fourth-order valence-electron chi connectivity index (χ4n) is 3.85. The van der Waals surface area contributed by atoms with E-state index in [9.17, 15) is 31.9 Å². The van der Waals surface area contributed by atoms with E-state index in [0.29, 0.717) is 43.2 Å². The summed E-state index contributed by atoms with van der Waals surface area (Å²) in [5, 5.41) is 12.5. The highest BCUT2D eigenvalue weighted by Crippen LogP contribution is 2.44. The van der Waals surface area contributed by atoms with E-state index in [4.69, 9.17) is 4.74 Å². The Kier molecular flexibility index (Phi) is 5.25. The highest BCUT2D eigenvalue weighted by molar-refractivity contribution is 6.05. The van der Waals surface area contributed by atoms with Crippen LogP contribution in [0.4, 0.5) is 27.6 Å². The van der Waals surface area contributed by atoms with Crippen molar-refractivity contribution in [3.63, 3.8) is 0 Å². The summed E-state index contributed by atoms with van der Waals surface area (Å²) in [6, 6.07) is 7.40. The number of ether oxygens (including phenoxy) is 1. The van der Waals surface area contributed by atoms with Crippen molar-refractivity contribution < 1.29 is 36.6 Å². The third kappa shape index (κ3) is 4.27. The third-order valence-corrected chi connectivity index (χ3v) is 5.40. The van der Waals surface area contributed by atoms with Gasteiger partial charge in [0.15, 0.2) is 6.61 Å². The summed E-state index contributed by atoms with van der Waals surface area (Å²) >= 11 is 0. The van der Waals surface area contributed by atoms with Gasteiger partial charge in [-0.3, -0.25) is 4.79 Å². The van der Waals surface area contributed by atoms with Crippen LogP contribution in [0.15, 0.2) is 42.5 Å². The summed E-state index contributed by atoms with van der Waals surface area (Å²) in [4.78, 5) is 12.6. The van der Waals surface area contributed by atoms with Crippen LogP contribution in [0.25, 0.3) is 5.57 Å². The van der Waals surface area contributed by atoms with Crippen LogP contribution < -0.4 is 10.1 Å². The van der Waals surface area contributed by atoms with Gasteiger partial charge < -0.3 is 15.2 Å². The average Bonchev–Trinajstić information content (AvgIpc) is 2.69. The molecule has 0 saturated carbocycles. The van der Waals surface area contributed by atoms with Gasteiger partial charge in [0.25, 0.3) is 0 Å². The molecule has 1 aliphatic heterocycles. The maximum absolute atomic E-state index is 14.5. The monoisotopic (exact) mass is 439 g/mol. The fourth-order valence-corrected chi connectivity index (χ4v) is 3.85. The number of carbonyl (C=O) groups is 1. The molecular weight excluding hydrogens is 421 g/mol. The van der Waals surface area contributed by atoms with E-state index in [0.717, 1.165) is 17.2 Å². The van der Waals surface area contributed by atoms with Crippen molar-refractivity contribution in [2.24, 2.45) is 0 Å². The molecule has 0 aromatic heterocycles. The Morgan fingerprint density at radius 2 is 2.00 bits per heavy atom. The number of rotatable bonds is 2. The zero-order valence-corrected chi connectivity index (χ0v) is 16.1. The van der Waals surface area contributed by atoms with Gasteiger partial charge in [0.2, 0.25) is 5.91 Å². The molecule has 0 bridgehead atoms. The van der Waals surface area contributed by atoms with Crippen molar-refractivity contribution in [1.29, 1.82) is 0 Å². The van der Waals surface area contributed by atoms with Crippen LogP contribution in [-0.2, 0) is 23.8 Å². The number of halogens is 5. The first kappa shape index (κ1) is 21.3. The first-order valence-corrected chi connectivity index (χ1v) is 9.59. The molecule has 2 aromatic carbocycles. The lowest BCUT2D eigenvalue weighted by atomic mass is 9.88. The van der Waals surface area contributed by atoms with Gasteiger partial charge in [-0.15, -0.1) is 0 Å². The normalized spacial score (nSPS) is 21.1. The van der Waals surface area contributed by atoms with Gasteiger partial charge in [0.1, 0.15) is 5.75 Å². The number of benzene rings is 2. The van der Waals surface area contributed by atoms with Crippen LogP contribution >= 0.6 is 0 Å². The molecule has 1 aliphatic carbocycles. The maximum Gasteiger partial charge on any atom is 0.416 e. The third-order valence-electron chi connectivity index (χ3n) is 5.40. The molecular formula is C22H18F5NO3. The molecule has 2 aromatic rings. The highest BCUT2D eigenvalue weighted by Gasteiger charge is 2.43. The first-order valence-electron chi connectivity index (χ1n) is 9.59. The van der Waals surface area contributed by atoms with Crippen LogP contribution in [0.3, 0.4) is 0 Å². The molecule has 0 spiro atoms. The van der Waals surface area contributed by atoms with Gasteiger partial charge in [-0.25, -0.2) is 0 Å². The Hall–Kier alpha value is -2.94. The minimum atomic E-state index is -4.66. The molecule has 0 saturated heterocycles. The van der Waals surface area contributed by atoms with Gasteiger partial charge in [-0.2, -0.15) is 22.0 Å². The molecule has 4 rings (SSSR count). The van der Waals surface area contributed by atoms with Gasteiger partial charge >= 0.3 is 12.1 Å². The Bertz CT molecular complexity index is 1060. The van der Waals surface area contributed by atoms with Crippen molar-refractivity contribution >= 4 is 17.2 Å². The van der Waals surface area contributed by atoms with Crippen LogP contribution in [0.2, 0.25) is 0 Å². The average molecular weight is 439 g/mol. The Morgan fingerprint density at radius 1 is 1.23 bits per heavy atom. The fraction of sp³-hybridized carbons (Fsp3) is 0.318. The number of carbonyl (C=O) groups excluding carboxylic acids is 1. The molecule has 1 amide bonds. The van der Waals surface area contributed by atoms with Crippen LogP contribution in [-0.4, -0.2) is 29.6 Å². The smallest absolute Gasteiger partial charge is 0.416 e. The highest BCUT2D eigenvalue weighted by atomic mass is 19.4. The lowest BCUT2D eigenvalue weighted by molar-refractivity contribution is -0.137. The second-order valence-corrected chi connectivity index (χ2v) is 7.59. The zero-order valence-electron chi connectivity index (χ0n) is 16.1. The number of hydrogen-bond donors (Lipinski definition) is 2. The van der Waals surface area contributed by atoms with E-state index < -0.39 is 41.9 Å². The summed E-state index contributed by atoms with van der Waals surface area (Å²) < 4.78 is 72.6. The Balaban J connectivity index is 1.66. The lowest BCUT2D eigenvalue weighted by Crippen LogP contribution is -2.32. The molecule has 31 heavy (non-hydrogen) atoms. The van der Waals surface area contributed by atoms with Crippen LogP contribution in [0.5, 0.6) is 5.75 Å². The van der Waals surface area contributed by atoms with Crippen molar-refractivity contribution in [2.45, 2.75) is 37.5 Å². The molecule has 9 heteroatoms. The molecule has 1 heterocycles. The number of aryl methyl sites for hydroxylation is 1. The minimum absolute atomic E-state index is 0.273. The predicted molar refractivity (Wildman–Crippen MR) is 103 cm³/mol. The summed E-state index contributed by atoms with van der Waals surface area (Å²) in [5.41, 5.74) is 0.0738. The zero-order chi connectivity index (χ0) is 22.4. The number of fused-ring (bicyclic) bond motifs is 2. The van der Waals surface area contributed by atoms with Gasteiger partial charge in [-0.05, 0) is 42.2 Å². The van der Waals surface area contributed by atoms with E-state index in [2.05, 4.69) is 5.32 Å². The Morgan fingerprint density at radius 3 is 2.74 bits per heavy atom. The van der Waals surface area contributed by atoms with Crippen LogP contribution in [0, 0.1) is 0 Å². The standard InChI is InChI=1S/C22H18F5NO3/c23-21(24)11-31-19-8-13(22(25,26)27)5-7-15(19)17(21)10-20(30)28-18-3-1-2-12-4-6-14(29)9-16(12)18/h1-3,5,7-8,10,14,29H,4,6,9,11H2,(H,28,30)/b17-10-. The van der Waals surface area contributed by atoms with E-state index in [-0.39, 0.29) is 11.3 Å². The first-order chi connectivity index (χ1) is 14.5. The number of anilines is 1. The predicted octanol–water partition coefficient (Wildman–Crippen LogP) is 4.60. The van der Waals surface area contributed by atoms with Crippen molar-refractivity contribution in [3.8, 4) is 5.75 Å². The summed E-state index contributed by atoms with van der Waals surface area (Å²) in [5.74, 6) is -4.77. The molecule has 0 fully saturated rings. The van der Waals surface area contributed by atoms with Crippen molar-refractivity contribution in [1.82, 2.24) is 0 Å². The number of aliphatic hydroxyl groups excluding tert-OH is 1. The minimum Gasteiger partial charge on any atom is -0.486 e. The van der Waals surface area contributed by atoms with Crippen molar-refractivity contribution in [2.75, 3.05) is 11.9 Å². The van der Waals surface area contributed by atoms with Gasteiger partial charge in [-0.1, -0.05) is 18.2 Å². The van der Waals surface area contributed by atoms with E-state index in [1.54, 1.807) is 12.1 Å². The number of aliphatic hydroxyl groups is 1. The van der Waals surface area contributed by atoms with Gasteiger partial charge in [0, 0.05) is 29.3 Å². The van der Waals surface area contributed by atoms with E-state index >= 15 is 0 Å². The maximum atomic E-state index is 14.5. The second-order valence-electron chi connectivity index (χ2n) is 7.59. The summed E-state index contributed by atoms with van der Waals surface area (Å²) in [6.07, 6.45) is -2.97.